The minimum absolute atomic E-state index is 0.135. The van der Waals surface area contributed by atoms with E-state index in [1.165, 1.54) is 6.07 Å². The number of methoxy groups -OCH3 is 1. The van der Waals surface area contributed by atoms with Crippen LogP contribution in [0.4, 0.5) is 0 Å². The van der Waals surface area contributed by atoms with Crippen LogP contribution in [-0.2, 0) is 19.6 Å². The molecule has 0 aromatic heterocycles. The lowest BCUT2D eigenvalue weighted by molar-refractivity contribution is -0.119. The van der Waals surface area contributed by atoms with Gasteiger partial charge in [-0.3, -0.25) is 14.5 Å². The standard InChI is InChI=1S/C14H20N4O4S/c1-22-9-8-15-6-7-16-13(19)10-17-14-11-4-2-3-5-12(11)23(20,21)18-14/h2-5,15H,6-10H2,1H3,(H,16,19)(H,17,18). The van der Waals surface area contributed by atoms with Gasteiger partial charge in [0.05, 0.1) is 11.5 Å². The van der Waals surface area contributed by atoms with Crippen molar-refractivity contribution < 1.29 is 17.9 Å². The van der Waals surface area contributed by atoms with Crippen molar-refractivity contribution in [2.75, 3.05) is 39.9 Å². The predicted octanol–water partition coefficient (Wildman–Crippen LogP) is -0.923. The van der Waals surface area contributed by atoms with Crippen molar-refractivity contribution in [1.29, 1.82) is 0 Å². The molecule has 0 fully saturated rings. The van der Waals surface area contributed by atoms with Crippen LogP contribution in [0.3, 0.4) is 0 Å². The van der Waals surface area contributed by atoms with Gasteiger partial charge in [-0.05, 0) is 12.1 Å². The van der Waals surface area contributed by atoms with Gasteiger partial charge in [0.1, 0.15) is 12.4 Å². The van der Waals surface area contributed by atoms with Gasteiger partial charge in [-0.15, -0.1) is 0 Å². The Bertz CT molecular complexity index is 688. The molecule has 0 saturated heterocycles. The first-order valence-corrected chi connectivity index (χ1v) is 8.66. The van der Waals surface area contributed by atoms with E-state index in [-0.39, 0.29) is 23.2 Å². The van der Waals surface area contributed by atoms with Crippen molar-refractivity contribution in [3.63, 3.8) is 0 Å². The van der Waals surface area contributed by atoms with Crippen LogP contribution in [-0.4, -0.2) is 60.1 Å². The minimum Gasteiger partial charge on any atom is -0.383 e. The van der Waals surface area contributed by atoms with E-state index in [4.69, 9.17) is 4.74 Å². The number of nitrogens with zero attached hydrogens (tertiary/aromatic N) is 1. The molecule has 1 heterocycles. The zero-order valence-corrected chi connectivity index (χ0v) is 13.6. The van der Waals surface area contributed by atoms with Crippen molar-refractivity contribution in [3.05, 3.63) is 29.8 Å². The number of rotatable bonds is 8. The average Bonchev–Trinajstić information content (AvgIpc) is 2.80. The lowest BCUT2D eigenvalue weighted by Crippen LogP contribution is -2.34. The Morgan fingerprint density at radius 1 is 1.26 bits per heavy atom. The highest BCUT2D eigenvalue weighted by Gasteiger charge is 2.30. The van der Waals surface area contributed by atoms with E-state index in [0.29, 0.717) is 31.8 Å². The molecule has 23 heavy (non-hydrogen) atoms. The Kier molecular flexibility index (Phi) is 6.08. The SMILES string of the molecule is COCCNCCNC(=O)CN=C1NS(=O)(=O)c2ccccc21. The Balaban J connectivity index is 1.83. The van der Waals surface area contributed by atoms with Crippen molar-refractivity contribution >= 4 is 21.8 Å². The van der Waals surface area contributed by atoms with E-state index in [1.807, 2.05) is 0 Å². The molecule has 2 rings (SSSR count). The smallest absolute Gasteiger partial charge is 0.263 e. The summed E-state index contributed by atoms with van der Waals surface area (Å²) in [4.78, 5) is 16.0. The summed E-state index contributed by atoms with van der Waals surface area (Å²) in [6, 6.07) is 6.53. The van der Waals surface area contributed by atoms with E-state index in [9.17, 15) is 13.2 Å². The molecular weight excluding hydrogens is 320 g/mol. The number of carbonyl (C=O) groups excluding carboxylic acids is 1. The molecule has 3 N–H and O–H groups in total. The number of sulfonamides is 1. The molecule has 126 valence electrons. The fraction of sp³-hybridized carbons (Fsp3) is 0.429. The van der Waals surface area contributed by atoms with Crippen LogP contribution in [0.2, 0.25) is 0 Å². The average molecular weight is 340 g/mol. The first kappa shape index (κ1) is 17.4. The number of nitrogens with one attached hydrogen (secondary N) is 3. The van der Waals surface area contributed by atoms with E-state index in [2.05, 4.69) is 20.3 Å². The normalized spacial score (nSPS) is 16.8. The summed E-state index contributed by atoms with van der Waals surface area (Å²) in [5.74, 6) is -0.0661. The summed E-state index contributed by atoms with van der Waals surface area (Å²) < 4.78 is 31.0. The highest BCUT2D eigenvalue weighted by molar-refractivity contribution is 7.90. The molecule has 9 heteroatoms. The lowest BCUT2D eigenvalue weighted by Gasteiger charge is -2.05. The number of hydrogen-bond donors (Lipinski definition) is 3. The zero-order chi connectivity index (χ0) is 16.7. The second-order valence-electron chi connectivity index (χ2n) is 4.86. The van der Waals surface area contributed by atoms with Crippen molar-refractivity contribution in [2.24, 2.45) is 4.99 Å². The van der Waals surface area contributed by atoms with Gasteiger partial charge < -0.3 is 15.4 Å². The van der Waals surface area contributed by atoms with Gasteiger partial charge in [-0.25, -0.2) is 8.42 Å². The van der Waals surface area contributed by atoms with Crippen LogP contribution in [0.15, 0.2) is 34.2 Å². The largest absolute Gasteiger partial charge is 0.383 e. The monoisotopic (exact) mass is 340 g/mol. The molecule has 0 saturated carbocycles. The van der Waals surface area contributed by atoms with Crippen molar-refractivity contribution in [2.45, 2.75) is 4.90 Å². The van der Waals surface area contributed by atoms with Gasteiger partial charge >= 0.3 is 0 Å². The number of benzene rings is 1. The molecular formula is C14H20N4O4S. The molecule has 0 bridgehead atoms. The highest BCUT2D eigenvalue weighted by atomic mass is 32.2. The van der Waals surface area contributed by atoms with Crippen LogP contribution in [0.1, 0.15) is 5.56 Å². The second-order valence-corrected chi connectivity index (χ2v) is 6.51. The van der Waals surface area contributed by atoms with E-state index in [0.717, 1.165) is 0 Å². The molecule has 1 aliphatic rings. The quantitative estimate of drug-likeness (QED) is 0.530. The molecule has 1 aromatic rings. The molecule has 1 amide bonds. The first-order valence-electron chi connectivity index (χ1n) is 7.17. The van der Waals surface area contributed by atoms with Crippen LogP contribution in [0.25, 0.3) is 0 Å². The van der Waals surface area contributed by atoms with Gasteiger partial charge in [-0.2, -0.15) is 0 Å². The van der Waals surface area contributed by atoms with Crippen LogP contribution < -0.4 is 15.4 Å². The fourth-order valence-corrected chi connectivity index (χ4v) is 3.30. The number of fused-ring (bicyclic) bond motifs is 1. The molecule has 0 spiro atoms. The summed E-state index contributed by atoms with van der Waals surface area (Å²) in [5.41, 5.74) is 0.488. The van der Waals surface area contributed by atoms with Crippen LogP contribution in [0.5, 0.6) is 0 Å². The molecule has 1 aromatic carbocycles. The molecule has 0 aliphatic carbocycles. The third-order valence-corrected chi connectivity index (χ3v) is 4.55. The molecule has 0 radical (unpaired) electrons. The zero-order valence-electron chi connectivity index (χ0n) is 12.8. The summed E-state index contributed by atoms with van der Waals surface area (Å²) in [6.07, 6.45) is 0. The third kappa shape index (κ3) is 4.75. The van der Waals surface area contributed by atoms with Gasteiger partial charge in [0.15, 0.2) is 0 Å². The first-order chi connectivity index (χ1) is 11.0. The van der Waals surface area contributed by atoms with Gasteiger partial charge in [0, 0.05) is 32.3 Å². The predicted molar refractivity (Wildman–Crippen MR) is 85.9 cm³/mol. The number of aliphatic imine (C=N–C) groups is 1. The lowest BCUT2D eigenvalue weighted by atomic mass is 10.2. The maximum Gasteiger partial charge on any atom is 0.263 e. The van der Waals surface area contributed by atoms with E-state index in [1.54, 1.807) is 25.3 Å². The summed E-state index contributed by atoms with van der Waals surface area (Å²) in [5, 5.41) is 5.80. The molecule has 0 unspecified atom stereocenters. The Hall–Kier alpha value is -1.97. The van der Waals surface area contributed by atoms with E-state index < -0.39 is 10.0 Å². The highest BCUT2D eigenvalue weighted by Crippen LogP contribution is 2.21. The number of hydrogen-bond acceptors (Lipinski definition) is 6. The maximum atomic E-state index is 11.9. The Labute approximate surface area is 135 Å². The van der Waals surface area contributed by atoms with Crippen molar-refractivity contribution in [1.82, 2.24) is 15.4 Å². The van der Waals surface area contributed by atoms with E-state index >= 15 is 0 Å². The second kappa shape index (κ2) is 8.04. The maximum absolute atomic E-state index is 11.9. The number of ether oxygens (including phenoxy) is 1. The topological polar surface area (TPSA) is 109 Å². The van der Waals surface area contributed by atoms with Crippen molar-refractivity contribution in [3.8, 4) is 0 Å². The Morgan fingerprint density at radius 3 is 2.83 bits per heavy atom. The molecule has 0 atom stereocenters. The summed E-state index contributed by atoms with van der Waals surface area (Å²) in [6.45, 7) is 2.29. The third-order valence-electron chi connectivity index (χ3n) is 3.15. The number of amidine groups is 1. The summed E-state index contributed by atoms with van der Waals surface area (Å²) in [7, 11) is -1.94. The summed E-state index contributed by atoms with van der Waals surface area (Å²) >= 11 is 0. The van der Waals surface area contributed by atoms with Gasteiger partial charge in [-0.1, -0.05) is 12.1 Å². The minimum atomic E-state index is -3.57. The van der Waals surface area contributed by atoms with Crippen LogP contribution in [0, 0.1) is 0 Å². The fourth-order valence-electron chi connectivity index (χ4n) is 2.05. The number of amides is 1. The van der Waals surface area contributed by atoms with Crippen LogP contribution >= 0.6 is 0 Å². The van der Waals surface area contributed by atoms with Gasteiger partial charge in [0.25, 0.3) is 10.0 Å². The van der Waals surface area contributed by atoms with Gasteiger partial charge in [0.2, 0.25) is 5.91 Å². The Morgan fingerprint density at radius 2 is 2.04 bits per heavy atom. The molecule has 1 aliphatic heterocycles. The number of carbonyl (C=O) groups is 1. The molecule has 8 nitrogen and oxygen atoms in total.